The maximum atomic E-state index is 5.72. The van der Waals surface area contributed by atoms with Crippen molar-refractivity contribution in [3.8, 4) is 5.88 Å². The first-order valence-electron chi connectivity index (χ1n) is 9.29. The molecule has 0 fully saturated rings. The van der Waals surface area contributed by atoms with Crippen LogP contribution in [-0.2, 0) is 6.42 Å². The number of hydrogen-bond acceptors (Lipinski definition) is 3. The Kier molecular flexibility index (Phi) is 11.4. The van der Waals surface area contributed by atoms with Gasteiger partial charge in [-0.2, -0.15) is 0 Å². The average molecular weight is 343 g/mol. The molecule has 0 N–H and O–H groups in total. The first-order valence-corrected chi connectivity index (χ1v) is 9.29. The fourth-order valence-electron chi connectivity index (χ4n) is 2.41. The van der Waals surface area contributed by atoms with E-state index >= 15 is 0 Å². The average Bonchev–Trinajstić information content (AvgIpc) is 2.59. The van der Waals surface area contributed by atoms with Gasteiger partial charge in [-0.15, -0.1) is 6.58 Å². The summed E-state index contributed by atoms with van der Waals surface area (Å²) in [6.45, 7) is 10.8. The molecule has 0 saturated heterocycles. The predicted octanol–water partition coefficient (Wildman–Crippen LogP) is 5.20. The third kappa shape index (κ3) is 11.3. The number of rotatable bonds is 13. The summed E-state index contributed by atoms with van der Waals surface area (Å²) in [5.74, 6) is 0.725. The van der Waals surface area contributed by atoms with E-state index in [1.807, 2.05) is 18.3 Å². The topological polar surface area (TPSA) is 25.4 Å². The van der Waals surface area contributed by atoms with Crippen LogP contribution in [0.4, 0.5) is 0 Å². The van der Waals surface area contributed by atoms with Gasteiger partial charge in [0.25, 0.3) is 0 Å². The number of hydrogen-bond donors (Lipinski definition) is 0. The second-order valence-electron chi connectivity index (χ2n) is 6.69. The fourth-order valence-corrected chi connectivity index (χ4v) is 2.41. The Morgan fingerprint density at radius 2 is 2.00 bits per heavy atom. The lowest BCUT2D eigenvalue weighted by Crippen LogP contribution is -2.19. The zero-order valence-corrected chi connectivity index (χ0v) is 16.2. The molecule has 138 valence electrons. The van der Waals surface area contributed by atoms with E-state index in [2.05, 4.69) is 61.7 Å². The molecule has 1 rings (SSSR count). The van der Waals surface area contributed by atoms with Gasteiger partial charge in [-0.05, 0) is 52.3 Å². The van der Waals surface area contributed by atoms with Gasteiger partial charge in [0, 0.05) is 18.8 Å². The Balaban J connectivity index is 2.12. The second kappa shape index (κ2) is 13.4. The summed E-state index contributed by atoms with van der Waals surface area (Å²) in [4.78, 5) is 6.68. The van der Waals surface area contributed by atoms with Crippen molar-refractivity contribution in [2.24, 2.45) is 0 Å². The number of aromatic nitrogens is 1. The van der Waals surface area contributed by atoms with E-state index in [0.717, 1.165) is 38.4 Å². The molecule has 0 aliphatic carbocycles. The summed E-state index contributed by atoms with van der Waals surface area (Å²) in [7, 11) is 2.14. The number of likely N-dealkylation sites (N-methyl/N-ethyl adjacent to an activating group) is 1. The highest BCUT2D eigenvalue weighted by molar-refractivity contribution is 5.21. The Morgan fingerprint density at radius 1 is 1.20 bits per heavy atom. The minimum absolute atomic E-state index is 0.725. The molecule has 1 aromatic heterocycles. The van der Waals surface area contributed by atoms with Gasteiger partial charge < -0.3 is 9.64 Å². The van der Waals surface area contributed by atoms with Gasteiger partial charge in [0.1, 0.15) is 0 Å². The zero-order chi connectivity index (χ0) is 18.3. The number of nitrogens with zero attached hydrogens (tertiary/aromatic N) is 2. The molecule has 0 spiro atoms. The molecule has 0 saturated carbocycles. The fraction of sp³-hybridized carbons (Fsp3) is 0.500. The summed E-state index contributed by atoms with van der Waals surface area (Å²) in [5.41, 5.74) is 2.51. The van der Waals surface area contributed by atoms with Crippen LogP contribution < -0.4 is 4.74 Å². The van der Waals surface area contributed by atoms with E-state index in [-0.39, 0.29) is 0 Å². The maximum Gasteiger partial charge on any atom is 0.213 e. The molecule has 3 heteroatoms. The van der Waals surface area contributed by atoms with Crippen molar-refractivity contribution in [2.45, 2.75) is 46.0 Å². The highest BCUT2D eigenvalue weighted by Gasteiger charge is 1.98. The van der Waals surface area contributed by atoms with Crippen molar-refractivity contribution < 1.29 is 4.74 Å². The van der Waals surface area contributed by atoms with Crippen LogP contribution in [0.25, 0.3) is 0 Å². The van der Waals surface area contributed by atoms with Crippen LogP contribution in [0.1, 0.15) is 45.1 Å². The molecule has 25 heavy (non-hydrogen) atoms. The largest absolute Gasteiger partial charge is 0.478 e. The summed E-state index contributed by atoms with van der Waals surface area (Å²) >= 11 is 0. The van der Waals surface area contributed by atoms with Crippen molar-refractivity contribution in [3.05, 3.63) is 60.3 Å². The normalized spacial score (nSPS) is 11.0. The smallest absolute Gasteiger partial charge is 0.213 e. The first kappa shape index (κ1) is 21.2. The van der Waals surface area contributed by atoms with Crippen molar-refractivity contribution >= 4 is 0 Å². The van der Waals surface area contributed by atoms with Gasteiger partial charge in [-0.25, -0.2) is 4.98 Å². The van der Waals surface area contributed by atoms with Crippen molar-refractivity contribution in [3.63, 3.8) is 0 Å². The van der Waals surface area contributed by atoms with Gasteiger partial charge in [0.05, 0.1) is 6.61 Å². The summed E-state index contributed by atoms with van der Waals surface area (Å²) in [6, 6.07) is 4.05. The molecule has 0 unspecified atom stereocenters. The Labute approximate surface area is 154 Å². The molecular formula is C22H34N2O. The van der Waals surface area contributed by atoms with Crippen LogP contribution in [0, 0.1) is 0 Å². The van der Waals surface area contributed by atoms with Gasteiger partial charge in [-0.3, -0.25) is 0 Å². The number of ether oxygens (including phenoxy) is 1. The third-order valence-electron chi connectivity index (χ3n) is 3.84. The monoisotopic (exact) mass is 342 g/mol. The van der Waals surface area contributed by atoms with Gasteiger partial charge in [-0.1, -0.05) is 48.8 Å². The summed E-state index contributed by atoms with van der Waals surface area (Å²) in [6.07, 6.45) is 15.9. The molecule has 0 atom stereocenters. The van der Waals surface area contributed by atoms with Gasteiger partial charge in [0.15, 0.2) is 0 Å². The lowest BCUT2D eigenvalue weighted by molar-refractivity contribution is 0.290. The number of pyridine rings is 1. The van der Waals surface area contributed by atoms with Crippen LogP contribution in [0.5, 0.6) is 5.88 Å². The van der Waals surface area contributed by atoms with E-state index in [4.69, 9.17) is 4.74 Å². The summed E-state index contributed by atoms with van der Waals surface area (Å²) in [5, 5.41) is 0. The Bertz CT molecular complexity index is 527. The number of allylic oxidation sites excluding steroid dienone is 4. The Morgan fingerprint density at radius 3 is 2.68 bits per heavy atom. The minimum atomic E-state index is 0.725. The molecular weight excluding hydrogens is 308 g/mol. The molecule has 0 radical (unpaired) electrons. The lowest BCUT2D eigenvalue weighted by Gasteiger charge is -2.13. The van der Waals surface area contributed by atoms with Crippen LogP contribution in [0.15, 0.2) is 54.8 Å². The van der Waals surface area contributed by atoms with Crippen LogP contribution in [0.2, 0.25) is 0 Å². The van der Waals surface area contributed by atoms with E-state index in [1.165, 1.54) is 30.4 Å². The lowest BCUT2D eigenvalue weighted by atomic mass is 10.2. The molecule has 1 aromatic rings. The van der Waals surface area contributed by atoms with Crippen molar-refractivity contribution in [1.82, 2.24) is 9.88 Å². The van der Waals surface area contributed by atoms with Crippen LogP contribution in [0.3, 0.4) is 0 Å². The molecule has 0 aliphatic heterocycles. The number of unbranched alkanes of at least 4 members (excludes halogenated alkanes) is 3. The van der Waals surface area contributed by atoms with Crippen LogP contribution in [-0.4, -0.2) is 36.6 Å². The molecule has 3 nitrogen and oxygen atoms in total. The predicted molar refractivity (Wildman–Crippen MR) is 108 cm³/mol. The molecule has 1 heterocycles. The SMILES string of the molecule is C=CCN(C)CCCCCCOc1ccc(C/C=C/C=C(C)C)cn1. The molecule has 0 amide bonds. The van der Waals surface area contributed by atoms with Gasteiger partial charge in [0.2, 0.25) is 5.88 Å². The standard InChI is InChI=1S/C22H34N2O/c1-5-16-24(4)17-10-6-7-11-18-25-22-15-14-21(19-23-22)13-9-8-12-20(2)3/h5,8-9,12,14-15,19H,1,6-7,10-11,13,16-18H2,2-4H3/b9-8+. The maximum absolute atomic E-state index is 5.72. The molecule has 0 aromatic carbocycles. The van der Waals surface area contributed by atoms with E-state index in [9.17, 15) is 0 Å². The molecule has 0 bridgehead atoms. The Hall–Kier alpha value is -1.87. The van der Waals surface area contributed by atoms with Crippen molar-refractivity contribution in [2.75, 3.05) is 26.7 Å². The quantitative estimate of drug-likeness (QED) is 0.280. The van der Waals surface area contributed by atoms with E-state index in [0.29, 0.717) is 0 Å². The van der Waals surface area contributed by atoms with E-state index < -0.39 is 0 Å². The highest BCUT2D eigenvalue weighted by atomic mass is 16.5. The van der Waals surface area contributed by atoms with Crippen LogP contribution >= 0.6 is 0 Å². The first-order chi connectivity index (χ1) is 12.1. The minimum Gasteiger partial charge on any atom is -0.478 e. The highest BCUT2D eigenvalue weighted by Crippen LogP contribution is 2.10. The zero-order valence-electron chi connectivity index (χ0n) is 16.2. The second-order valence-corrected chi connectivity index (χ2v) is 6.69. The third-order valence-corrected chi connectivity index (χ3v) is 3.84. The van der Waals surface area contributed by atoms with Gasteiger partial charge >= 0.3 is 0 Å². The van der Waals surface area contributed by atoms with E-state index in [1.54, 1.807) is 0 Å². The summed E-state index contributed by atoms with van der Waals surface area (Å²) < 4.78 is 5.72. The van der Waals surface area contributed by atoms with Crippen molar-refractivity contribution in [1.29, 1.82) is 0 Å². The molecule has 0 aliphatic rings.